The van der Waals surface area contributed by atoms with Crippen LogP contribution in [-0.2, 0) is 15.0 Å². The van der Waals surface area contributed by atoms with Gasteiger partial charge in [0.25, 0.3) is 0 Å². The summed E-state index contributed by atoms with van der Waals surface area (Å²) in [7, 11) is 0. The van der Waals surface area contributed by atoms with Crippen LogP contribution in [0.1, 0.15) is 51.5 Å². The highest BCUT2D eigenvalue weighted by molar-refractivity contribution is 9.10. The van der Waals surface area contributed by atoms with E-state index >= 15 is 0 Å². The number of anilines is 3. The summed E-state index contributed by atoms with van der Waals surface area (Å²) in [6.07, 6.45) is 6.69. The Bertz CT molecular complexity index is 1140. The molecule has 0 spiro atoms. The third-order valence-corrected chi connectivity index (χ3v) is 8.88. The maximum Gasteiger partial charge on any atom is 0.229 e. The summed E-state index contributed by atoms with van der Waals surface area (Å²) in [5.74, 6) is 2.13. The van der Waals surface area contributed by atoms with Crippen molar-refractivity contribution in [2.75, 3.05) is 10.6 Å². The van der Waals surface area contributed by atoms with E-state index in [4.69, 9.17) is 16.5 Å². The molecule has 1 aromatic carbocycles. The Morgan fingerprint density at radius 2 is 1.85 bits per heavy atom. The number of benzene rings is 1. The highest BCUT2D eigenvalue weighted by Gasteiger charge is 2.58. The molecule has 4 aliphatic rings. The minimum Gasteiger partial charge on any atom is -0.369 e. The number of halogens is 1. The summed E-state index contributed by atoms with van der Waals surface area (Å²) >= 11 is 3.59. The third kappa shape index (κ3) is 3.93. The number of rotatable bonds is 7. The van der Waals surface area contributed by atoms with Crippen molar-refractivity contribution < 1.29 is 9.59 Å². The average molecular weight is 527 g/mol. The van der Waals surface area contributed by atoms with E-state index in [1.165, 1.54) is 0 Å². The zero-order valence-corrected chi connectivity index (χ0v) is 21.1. The number of aromatic nitrogens is 2. The molecule has 2 atom stereocenters. The number of carbonyl (C=O) groups excluding carboxylic acids is 2. The second-order valence-electron chi connectivity index (χ2n) is 10.9. The standard InChI is InChI=1S/C25H31BrN6O2/c1-24(2,21(27)33)16-4-3-5-17(8-16)30-23-29-12-18(26)20(32-23)31-19-14-6-13-7-15(19)11-25(9-13,10-14)22(28)34/h3-5,8,12-15,19H,6-7,9-11H2,1-2H3,(H2,27,33)(H2,28,34)(H2,29,30,31,32). The lowest BCUT2D eigenvalue weighted by Gasteiger charge is -2.59. The van der Waals surface area contributed by atoms with Crippen molar-refractivity contribution in [2.45, 2.75) is 57.4 Å². The van der Waals surface area contributed by atoms with Gasteiger partial charge in [-0.15, -0.1) is 0 Å². The highest BCUT2D eigenvalue weighted by Crippen LogP contribution is 2.60. The van der Waals surface area contributed by atoms with Crippen LogP contribution in [0.3, 0.4) is 0 Å². The van der Waals surface area contributed by atoms with Gasteiger partial charge in [-0.1, -0.05) is 12.1 Å². The molecule has 2 unspecified atom stereocenters. The number of nitrogens with one attached hydrogen (secondary N) is 2. The monoisotopic (exact) mass is 526 g/mol. The molecule has 9 heteroatoms. The van der Waals surface area contributed by atoms with Crippen LogP contribution in [0.2, 0.25) is 0 Å². The number of hydrogen-bond donors (Lipinski definition) is 4. The molecule has 0 radical (unpaired) electrons. The lowest BCUT2D eigenvalue weighted by atomic mass is 9.47. The van der Waals surface area contributed by atoms with Crippen molar-refractivity contribution in [3.8, 4) is 0 Å². The highest BCUT2D eigenvalue weighted by atomic mass is 79.9. The van der Waals surface area contributed by atoms with Gasteiger partial charge in [-0.2, -0.15) is 4.98 Å². The molecule has 180 valence electrons. The third-order valence-electron chi connectivity index (χ3n) is 8.30. The zero-order valence-electron chi connectivity index (χ0n) is 19.5. The Balaban J connectivity index is 1.35. The lowest BCUT2D eigenvalue weighted by molar-refractivity contribution is -0.143. The molecule has 1 heterocycles. The number of nitrogens with zero attached hydrogens (tertiary/aromatic N) is 2. The first-order valence-corrected chi connectivity index (χ1v) is 12.6. The lowest BCUT2D eigenvalue weighted by Crippen LogP contribution is -2.59. The summed E-state index contributed by atoms with van der Waals surface area (Å²) in [4.78, 5) is 33.3. The van der Waals surface area contributed by atoms with Gasteiger partial charge in [0.15, 0.2) is 0 Å². The van der Waals surface area contributed by atoms with Crippen molar-refractivity contribution in [1.29, 1.82) is 0 Å². The van der Waals surface area contributed by atoms with Gasteiger partial charge < -0.3 is 22.1 Å². The first kappa shape index (κ1) is 23.1. The number of hydrogen-bond acceptors (Lipinski definition) is 6. The Morgan fingerprint density at radius 3 is 2.50 bits per heavy atom. The second-order valence-corrected chi connectivity index (χ2v) is 11.7. The Kier molecular flexibility index (Phi) is 5.58. The molecular formula is C25H31BrN6O2. The molecule has 2 amide bonds. The molecular weight excluding hydrogens is 496 g/mol. The normalized spacial score (nSPS) is 29.6. The molecule has 0 aliphatic heterocycles. The molecule has 2 aromatic rings. The molecule has 0 saturated heterocycles. The van der Waals surface area contributed by atoms with Crippen molar-refractivity contribution >= 4 is 45.2 Å². The van der Waals surface area contributed by atoms with E-state index in [-0.39, 0.29) is 23.3 Å². The summed E-state index contributed by atoms with van der Waals surface area (Å²) in [6, 6.07) is 7.83. The SMILES string of the molecule is CC(C)(C(N)=O)c1cccc(Nc2ncc(Br)c(NC3C4CC5CC3CC(C(N)=O)(C5)C4)n2)c1. The van der Waals surface area contributed by atoms with Crippen LogP contribution in [0.15, 0.2) is 34.9 Å². The predicted octanol–water partition coefficient (Wildman–Crippen LogP) is 3.84. The molecule has 4 aliphatic carbocycles. The van der Waals surface area contributed by atoms with E-state index in [1.54, 1.807) is 20.0 Å². The maximum absolute atomic E-state index is 12.3. The van der Waals surface area contributed by atoms with Gasteiger partial charge in [-0.3, -0.25) is 9.59 Å². The van der Waals surface area contributed by atoms with Crippen molar-refractivity contribution in [3.63, 3.8) is 0 Å². The van der Waals surface area contributed by atoms with Gasteiger partial charge in [0, 0.05) is 23.3 Å². The maximum atomic E-state index is 12.3. The average Bonchev–Trinajstić information content (AvgIpc) is 2.78. The van der Waals surface area contributed by atoms with Crippen LogP contribution in [0.4, 0.5) is 17.5 Å². The van der Waals surface area contributed by atoms with Gasteiger partial charge in [0.05, 0.1) is 9.89 Å². The number of nitrogens with two attached hydrogens (primary N) is 2. The fourth-order valence-electron chi connectivity index (χ4n) is 6.51. The van der Waals surface area contributed by atoms with E-state index in [0.29, 0.717) is 23.7 Å². The number of primary amides is 2. The molecule has 8 nitrogen and oxygen atoms in total. The Labute approximate surface area is 207 Å². The summed E-state index contributed by atoms with van der Waals surface area (Å²) in [6.45, 7) is 3.61. The number of carbonyl (C=O) groups is 2. The minimum atomic E-state index is -0.785. The van der Waals surface area contributed by atoms with Crippen molar-refractivity contribution in [1.82, 2.24) is 9.97 Å². The van der Waals surface area contributed by atoms with Crippen LogP contribution in [0.25, 0.3) is 0 Å². The second kappa shape index (κ2) is 8.22. The molecule has 6 rings (SSSR count). The van der Waals surface area contributed by atoms with E-state index in [1.807, 2.05) is 24.3 Å². The van der Waals surface area contributed by atoms with Gasteiger partial charge in [0.1, 0.15) is 5.82 Å². The van der Waals surface area contributed by atoms with Gasteiger partial charge in [0.2, 0.25) is 17.8 Å². The van der Waals surface area contributed by atoms with Gasteiger partial charge in [-0.05, 0) is 97.3 Å². The van der Waals surface area contributed by atoms with Gasteiger partial charge >= 0.3 is 0 Å². The molecule has 4 saturated carbocycles. The van der Waals surface area contributed by atoms with Crippen molar-refractivity contribution in [2.24, 2.45) is 34.6 Å². The fourth-order valence-corrected chi connectivity index (χ4v) is 6.81. The molecule has 4 bridgehead atoms. The van der Waals surface area contributed by atoms with E-state index in [9.17, 15) is 9.59 Å². The zero-order chi connectivity index (χ0) is 24.3. The van der Waals surface area contributed by atoms with Gasteiger partial charge in [-0.25, -0.2) is 4.98 Å². The summed E-state index contributed by atoms with van der Waals surface area (Å²) in [5.41, 5.74) is 11.9. The predicted molar refractivity (Wildman–Crippen MR) is 134 cm³/mol. The Hall–Kier alpha value is -2.68. The van der Waals surface area contributed by atoms with Crippen LogP contribution >= 0.6 is 15.9 Å². The fraction of sp³-hybridized carbons (Fsp3) is 0.520. The van der Waals surface area contributed by atoms with Crippen LogP contribution in [-0.4, -0.2) is 27.8 Å². The smallest absolute Gasteiger partial charge is 0.229 e. The Morgan fingerprint density at radius 1 is 1.15 bits per heavy atom. The minimum absolute atomic E-state index is 0.123. The number of amides is 2. The largest absolute Gasteiger partial charge is 0.369 e. The van der Waals surface area contributed by atoms with Crippen LogP contribution in [0.5, 0.6) is 0 Å². The molecule has 1 aromatic heterocycles. The van der Waals surface area contributed by atoms with E-state index in [2.05, 4.69) is 31.5 Å². The topological polar surface area (TPSA) is 136 Å². The molecule has 4 fully saturated rings. The van der Waals surface area contributed by atoms with Crippen LogP contribution < -0.4 is 22.1 Å². The first-order valence-electron chi connectivity index (χ1n) is 11.8. The summed E-state index contributed by atoms with van der Waals surface area (Å²) in [5, 5.41) is 6.92. The van der Waals surface area contributed by atoms with E-state index < -0.39 is 5.41 Å². The van der Waals surface area contributed by atoms with Crippen molar-refractivity contribution in [3.05, 3.63) is 40.5 Å². The molecule has 34 heavy (non-hydrogen) atoms. The quantitative estimate of drug-likeness (QED) is 0.432. The first-order chi connectivity index (χ1) is 16.1. The van der Waals surface area contributed by atoms with E-state index in [0.717, 1.165) is 53.6 Å². The van der Waals surface area contributed by atoms with Crippen LogP contribution in [0, 0.1) is 23.2 Å². The summed E-state index contributed by atoms with van der Waals surface area (Å²) < 4.78 is 0.792. The molecule has 6 N–H and O–H groups in total.